The van der Waals surface area contributed by atoms with Crippen LogP contribution in [0.25, 0.3) is 5.69 Å². The van der Waals surface area contributed by atoms with E-state index < -0.39 is 0 Å². The highest BCUT2D eigenvalue weighted by atomic mass is 35.5. The summed E-state index contributed by atoms with van der Waals surface area (Å²) in [7, 11) is 0. The van der Waals surface area contributed by atoms with E-state index in [1.807, 2.05) is 30.3 Å². The minimum atomic E-state index is 0.284. The van der Waals surface area contributed by atoms with Gasteiger partial charge in [0.15, 0.2) is 5.16 Å². The van der Waals surface area contributed by atoms with Crippen molar-refractivity contribution < 1.29 is 0 Å². The summed E-state index contributed by atoms with van der Waals surface area (Å²) in [5.41, 5.74) is 3.42. The van der Waals surface area contributed by atoms with Crippen LogP contribution in [0.2, 0.25) is 10.0 Å². The van der Waals surface area contributed by atoms with E-state index in [4.69, 9.17) is 23.2 Å². The van der Waals surface area contributed by atoms with Gasteiger partial charge in [-0.25, -0.2) is 0 Å². The maximum Gasteiger partial charge on any atom is 0.196 e. The first-order valence-electron chi connectivity index (χ1n) is 8.05. The van der Waals surface area contributed by atoms with Crippen LogP contribution in [0.15, 0.2) is 47.6 Å². The van der Waals surface area contributed by atoms with Gasteiger partial charge < -0.3 is 0 Å². The number of aromatic nitrogens is 3. The SMILES string of the molecule is Cc1ccccc1-n1c(SCc2ccc(Cl)c(Cl)c2)nnc1C(C)C. The third-order valence-corrected chi connectivity index (χ3v) is 5.62. The van der Waals surface area contributed by atoms with E-state index in [0.717, 1.165) is 28.0 Å². The second kappa shape index (κ2) is 7.81. The monoisotopic (exact) mass is 391 g/mol. The van der Waals surface area contributed by atoms with Crippen LogP contribution in [-0.2, 0) is 5.75 Å². The van der Waals surface area contributed by atoms with Crippen molar-refractivity contribution in [3.05, 3.63) is 69.5 Å². The molecule has 6 heteroatoms. The van der Waals surface area contributed by atoms with Gasteiger partial charge in [0.25, 0.3) is 0 Å². The Morgan fingerprint density at radius 3 is 2.48 bits per heavy atom. The number of halogens is 2. The highest BCUT2D eigenvalue weighted by Crippen LogP contribution is 2.31. The first kappa shape index (κ1) is 18.3. The molecule has 0 fully saturated rings. The lowest BCUT2D eigenvalue weighted by molar-refractivity contribution is 0.730. The molecule has 0 atom stereocenters. The summed E-state index contributed by atoms with van der Waals surface area (Å²) >= 11 is 13.8. The van der Waals surface area contributed by atoms with E-state index >= 15 is 0 Å². The molecule has 0 unspecified atom stereocenters. The predicted octanol–water partition coefficient (Wildman–Crippen LogP) is 6.30. The lowest BCUT2D eigenvalue weighted by Gasteiger charge is -2.14. The van der Waals surface area contributed by atoms with Crippen molar-refractivity contribution >= 4 is 35.0 Å². The van der Waals surface area contributed by atoms with Crippen molar-refractivity contribution in [2.45, 2.75) is 37.6 Å². The van der Waals surface area contributed by atoms with Gasteiger partial charge in [-0.3, -0.25) is 4.57 Å². The number of rotatable bonds is 5. The third-order valence-electron chi connectivity index (χ3n) is 3.88. The van der Waals surface area contributed by atoms with Crippen LogP contribution in [0.3, 0.4) is 0 Å². The lowest BCUT2D eigenvalue weighted by atomic mass is 10.1. The quantitative estimate of drug-likeness (QED) is 0.478. The zero-order valence-corrected chi connectivity index (χ0v) is 16.7. The Bertz CT molecular complexity index is 890. The van der Waals surface area contributed by atoms with E-state index in [1.54, 1.807) is 11.8 Å². The zero-order chi connectivity index (χ0) is 18.0. The first-order valence-corrected chi connectivity index (χ1v) is 9.79. The lowest BCUT2D eigenvalue weighted by Crippen LogP contribution is -2.06. The van der Waals surface area contributed by atoms with Crippen LogP contribution in [0.4, 0.5) is 0 Å². The molecule has 25 heavy (non-hydrogen) atoms. The molecule has 1 aromatic heterocycles. The van der Waals surface area contributed by atoms with Crippen LogP contribution in [0.5, 0.6) is 0 Å². The van der Waals surface area contributed by atoms with Gasteiger partial charge in [0.2, 0.25) is 0 Å². The van der Waals surface area contributed by atoms with Gasteiger partial charge in [0.1, 0.15) is 5.82 Å². The maximum absolute atomic E-state index is 6.11. The Labute approximate surface area is 162 Å². The van der Waals surface area contributed by atoms with Crippen molar-refractivity contribution in [3.8, 4) is 5.69 Å². The molecule has 3 rings (SSSR count). The summed E-state index contributed by atoms with van der Waals surface area (Å²) in [5.74, 6) is 2.00. The smallest absolute Gasteiger partial charge is 0.196 e. The Morgan fingerprint density at radius 2 is 1.80 bits per heavy atom. The van der Waals surface area contributed by atoms with E-state index in [9.17, 15) is 0 Å². The van der Waals surface area contributed by atoms with Crippen LogP contribution < -0.4 is 0 Å². The average Bonchev–Trinajstić information content (AvgIpc) is 3.00. The Morgan fingerprint density at radius 1 is 1.04 bits per heavy atom. The summed E-state index contributed by atoms with van der Waals surface area (Å²) < 4.78 is 2.15. The number of aryl methyl sites for hydroxylation is 1. The normalized spacial score (nSPS) is 11.3. The van der Waals surface area contributed by atoms with Gasteiger partial charge in [-0.15, -0.1) is 10.2 Å². The molecule has 0 amide bonds. The third kappa shape index (κ3) is 4.02. The fourth-order valence-corrected chi connectivity index (χ4v) is 3.78. The number of hydrogen-bond acceptors (Lipinski definition) is 3. The van der Waals surface area contributed by atoms with E-state index in [0.29, 0.717) is 10.0 Å². The molecule has 0 aliphatic carbocycles. The van der Waals surface area contributed by atoms with Crippen LogP contribution >= 0.6 is 35.0 Å². The number of thioether (sulfide) groups is 1. The molecule has 0 N–H and O–H groups in total. The second-order valence-corrected chi connectivity index (χ2v) is 7.91. The van der Waals surface area contributed by atoms with Crippen molar-refractivity contribution in [2.75, 3.05) is 0 Å². The average molecular weight is 392 g/mol. The molecule has 3 nitrogen and oxygen atoms in total. The van der Waals surface area contributed by atoms with E-state index in [-0.39, 0.29) is 5.92 Å². The molecule has 0 saturated carbocycles. The van der Waals surface area contributed by atoms with Gasteiger partial charge >= 0.3 is 0 Å². The summed E-state index contributed by atoms with van der Waals surface area (Å²) in [6, 6.07) is 14.0. The number of nitrogens with zero attached hydrogens (tertiary/aromatic N) is 3. The van der Waals surface area contributed by atoms with Gasteiger partial charge in [0.05, 0.1) is 15.7 Å². The van der Waals surface area contributed by atoms with Crippen LogP contribution in [0.1, 0.15) is 36.7 Å². The molecular weight excluding hydrogens is 373 g/mol. The number of benzene rings is 2. The molecular formula is C19H19Cl2N3S. The minimum absolute atomic E-state index is 0.284. The second-order valence-electron chi connectivity index (χ2n) is 6.15. The first-order chi connectivity index (χ1) is 12.0. The van der Waals surface area contributed by atoms with Crippen molar-refractivity contribution in [3.63, 3.8) is 0 Å². The van der Waals surface area contributed by atoms with Crippen molar-refractivity contribution in [1.29, 1.82) is 0 Å². The molecule has 0 saturated heterocycles. The fourth-order valence-electron chi connectivity index (χ4n) is 2.57. The summed E-state index contributed by atoms with van der Waals surface area (Å²) in [6.45, 7) is 6.37. The zero-order valence-electron chi connectivity index (χ0n) is 14.3. The maximum atomic E-state index is 6.11. The molecule has 3 aromatic rings. The highest BCUT2D eigenvalue weighted by Gasteiger charge is 2.18. The fraction of sp³-hybridized carbons (Fsp3) is 0.263. The standard InChI is InChI=1S/C19H19Cl2N3S/c1-12(2)18-22-23-19(24(18)17-7-5-4-6-13(17)3)25-11-14-8-9-15(20)16(21)10-14/h4-10,12H,11H2,1-3H3. The van der Waals surface area contributed by atoms with Crippen molar-refractivity contribution in [2.24, 2.45) is 0 Å². The summed E-state index contributed by atoms with van der Waals surface area (Å²) in [6.07, 6.45) is 0. The molecule has 0 radical (unpaired) electrons. The molecule has 0 aliphatic heterocycles. The Hall–Kier alpha value is -1.49. The molecule has 130 valence electrons. The highest BCUT2D eigenvalue weighted by molar-refractivity contribution is 7.98. The van der Waals surface area contributed by atoms with Crippen molar-refractivity contribution in [1.82, 2.24) is 14.8 Å². The number of hydrogen-bond donors (Lipinski definition) is 0. The van der Waals surface area contributed by atoms with Gasteiger partial charge in [-0.2, -0.15) is 0 Å². The molecule has 0 bridgehead atoms. The Balaban J connectivity index is 1.94. The topological polar surface area (TPSA) is 30.7 Å². The molecule has 2 aromatic carbocycles. The Kier molecular flexibility index (Phi) is 5.72. The van der Waals surface area contributed by atoms with Gasteiger partial charge in [-0.1, -0.05) is 73.1 Å². The molecule has 1 heterocycles. The minimum Gasteiger partial charge on any atom is -0.274 e. The van der Waals surface area contributed by atoms with E-state index in [2.05, 4.69) is 47.7 Å². The predicted molar refractivity (Wildman–Crippen MR) is 106 cm³/mol. The summed E-state index contributed by atoms with van der Waals surface area (Å²) in [4.78, 5) is 0. The molecule has 0 aliphatic rings. The van der Waals surface area contributed by atoms with Crippen LogP contribution in [0, 0.1) is 6.92 Å². The largest absolute Gasteiger partial charge is 0.274 e. The summed E-state index contributed by atoms with van der Waals surface area (Å²) in [5, 5.41) is 10.9. The van der Waals surface area contributed by atoms with Gasteiger partial charge in [-0.05, 0) is 36.2 Å². The van der Waals surface area contributed by atoms with E-state index in [1.165, 1.54) is 5.56 Å². The molecule has 0 spiro atoms. The van der Waals surface area contributed by atoms with Crippen LogP contribution in [-0.4, -0.2) is 14.8 Å². The number of para-hydroxylation sites is 1. The van der Waals surface area contributed by atoms with Gasteiger partial charge in [0, 0.05) is 11.7 Å².